The summed E-state index contributed by atoms with van der Waals surface area (Å²) in [7, 11) is 3.05. The van der Waals surface area contributed by atoms with Gasteiger partial charge in [0.1, 0.15) is 11.9 Å². The number of benzene rings is 2. The summed E-state index contributed by atoms with van der Waals surface area (Å²) in [4.78, 5) is 25.3. The van der Waals surface area contributed by atoms with Crippen LogP contribution in [-0.2, 0) is 9.59 Å². The zero-order chi connectivity index (χ0) is 21.3. The number of methoxy groups -OCH3 is 2. The van der Waals surface area contributed by atoms with Gasteiger partial charge in [-0.2, -0.15) is 5.10 Å². The monoisotopic (exact) mass is 426 g/mol. The van der Waals surface area contributed by atoms with E-state index >= 15 is 0 Å². The summed E-state index contributed by atoms with van der Waals surface area (Å²) >= 11 is 5.96. The fourth-order valence-electron chi connectivity index (χ4n) is 3.35. The zero-order valence-corrected chi connectivity index (χ0v) is 17.1. The predicted octanol–water partition coefficient (Wildman–Crippen LogP) is 3.74. The molecule has 1 atom stereocenters. The van der Waals surface area contributed by atoms with Gasteiger partial charge in [0.2, 0.25) is 11.8 Å². The van der Waals surface area contributed by atoms with Gasteiger partial charge >= 0.3 is 0 Å². The first kappa shape index (κ1) is 19.8. The maximum absolute atomic E-state index is 13.0. The van der Waals surface area contributed by atoms with E-state index in [2.05, 4.69) is 15.7 Å². The van der Waals surface area contributed by atoms with Gasteiger partial charge in [0.05, 0.1) is 26.8 Å². The lowest BCUT2D eigenvalue weighted by atomic mass is 10.1. The number of nitrogens with one attached hydrogen (secondary N) is 2. The molecule has 0 bridgehead atoms. The van der Waals surface area contributed by atoms with Crippen molar-refractivity contribution in [1.82, 2.24) is 9.78 Å². The van der Waals surface area contributed by atoms with E-state index in [1.807, 2.05) is 12.1 Å². The fourth-order valence-corrected chi connectivity index (χ4v) is 3.48. The van der Waals surface area contributed by atoms with Crippen molar-refractivity contribution >= 4 is 34.9 Å². The number of hydrogen-bond acceptors (Lipinski definition) is 5. The van der Waals surface area contributed by atoms with Crippen LogP contribution in [0.5, 0.6) is 11.5 Å². The van der Waals surface area contributed by atoms with Crippen molar-refractivity contribution in [3.63, 3.8) is 0 Å². The molecule has 2 amide bonds. The second-order valence-electron chi connectivity index (χ2n) is 6.69. The third-order valence-electron chi connectivity index (χ3n) is 4.84. The van der Waals surface area contributed by atoms with E-state index in [1.54, 1.807) is 36.5 Å². The Labute approximate surface area is 177 Å². The van der Waals surface area contributed by atoms with Crippen LogP contribution < -0.4 is 20.1 Å². The van der Waals surface area contributed by atoms with Gasteiger partial charge < -0.3 is 20.1 Å². The number of fused-ring (bicyclic) bond motifs is 1. The quantitative estimate of drug-likeness (QED) is 0.648. The summed E-state index contributed by atoms with van der Waals surface area (Å²) in [5.74, 6) is 0.895. The van der Waals surface area contributed by atoms with Crippen LogP contribution in [0.2, 0.25) is 5.02 Å². The molecule has 0 unspecified atom stereocenters. The number of nitrogens with zero attached hydrogens (tertiary/aromatic N) is 2. The minimum Gasteiger partial charge on any atom is -0.493 e. The SMILES string of the molecule is COc1ccc(NC(=O)[C@H]2CC(=O)Nc3c(-c4ccc(Cl)cc4)cnn32)cc1OC. The summed E-state index contributed by atoms with van der Waals surface area (Å²) in [6.07, 6.45) is 1.61. The van der Waals surface area contributed by atoms with Gasteiger partial charge in [-0.1, -0.05) is 23.7 Å². The number of rotatable bonds is 5. The molecule has 3 aromatic rings. The Balaban J connectivity index is 1.62. The molecular formula is C21H19ClN4O4. The number of ether oxygens (including phenoxy) is 2. The molecular weight excluding hydrogens is 408 g/mol. The number of hydrogen-bond donors (Lipinski definition) is 2. The first-order valence-electron chi connectivity index (χ1n) is 9.16. The first-order valence-corrected chi connectivity index (χ1v) is 9.54. The molecule has 2 aromatic carbocycles. The standard InChI is InChI=1S/C21H19ClN4O4/c1-29-17-8-7-14(9-18(17)30-2)24-21(28)16-10-19(27)25-20-15(11-23-26(16)20)12-3-5-13(22)6-4-12/h3-9,11,16H,10H2,1-2H3,(H,24,28)(H,25,27)/t16-/m1/s1. The van der Waals surface area contributed by atoms with Crippen molar-refractivity contribution in [3.8, 4) is 22.6 Å². The van der Waals surface area contributed by atoms with Crippen molar-refractivity contribution in [2.75, 3.05) is 24.9 Å². The van der Waals surface area contributed by atoms with E-state index in [0.29, 0.717) is 33.6 Å². The highest BCUT2D eigenvalue weighted by Crippen LogP contribution is 2.35. The number of amides is 2. The second-order valence-corrected chi connectivity index (χ2v) is 7.12. The molecule has 2 N–H and O–H groups in total. The van der Waals surface area contributed by atoms with Crippen molar-refractivity contribution in [2.24, 2.45) is 0 Å². The highest BCUT2D eigenvalue weighted by molar-refractivity contribution is 6.30. The molecule has 0 radical (unpaired) electrons. The fraction of sp³-hybridized carbons (Fsp3) is 0.190. The highest BCUT2D eigenvalue weighted by atomic mass is 35.5. The van der Waals surface area contributed by atoms with Gasteiger partial charge in [-0.15, -0.1) is 0 Å². The number of aromatic nitrogens is 2. The van der Waals surface area contributed by atoms with Crippen molar-refractivity contribution in [1.29, 1.82) is 0 Å². The van der Waals surface area contributed by atoms with E-state index in [-0.39, 0.29) is 18.2 Å². The topological polar surface area (TPSA) is 94.5 Å². The van der Waals surface area contributed by atoms with Crippen LogP contribution >= 0.6 is 11.6 Å². The van der Waals surface area contributed by atoms with Gasteiger partial charge in [0, 0.05) is 22.3 Å². The summed E-state index contributed by atoms with van der Waals surface area (Å²) in [6, 6.07) is 11.4. The molecule has 4 rings (SSSR count). The maximum atomic E-state index is 13.0. The Morgan fingerprint density at radius 3 is 2.60 bits per heavy atom. The molecule has 8 nitrogen and oxygen atoms in total. The van der Waals surface area contributed by atoms with Crippen LogP contribution in [-0.4, -0.2) is 35.8 Å². The summed E-state index contributed by atoms with van der Waals surface area (Å²) in [6.45, 7) is 0. The molecule has 0 saturated heterocycles. The Morgan fingerprint density at radius 2 is 1.90 bits per heavy atom. The van der Waals surface area contributed by atoms with Crippen LogP contribution in [0, 0.1) is 0 Å². The molecule has 0 saturated carbocycles. The molecule has 30 heavy (non-hydrogen) atoms. The van der Waals surface area contributed by atoms with Crippen LogP contribution in [0.25, 0.3) is 11.1 Å². The second kappa shape index (κ2) is 8.08. The zero-order valence-electron chi connectivity index (χ0n) is 16.3. The molecule has 1 aliphatic heterocycles. The van der Waals surface area contributed by atoms with Gasteiger partial charge in [-0.05, 0) is 29.8 Å². The van der Waals surface area contributed by atoms with Crippen LogP contribution in [0.15, 0.2) is 48.7 Å². The number of carbonyl (C=O) groups excluding carboxylic acids is 2. The molecule has 1 aliphatic rings. The molecule has 154 valence electrons. The molecule has 2 heterocycles. The average molecular weight is 427 g/mol. The third kappa shape index (κ3) is 3.69. The van der Waals surface area contributed by atoms with Crippen molar-refractivity contribution < 1.29 is 19.1 Å². The van der Waals surface area contributed by atoms with Crippen molar-refractivity contribution in [2.45, 2.75) is 12.5 Å². The number of carbonyl (C=O) groups is 2. The summed E-state index contributed by atoms with van der Waals surface area (Å²) in [5, 5.41) is 10.6. The van der Waals surface area contributed by atoms with Crippen LogP contribution in [0.1, 0.15) is 12.5 Å². The normalized spacial score (nSPS) is 15.2. The summed E-state index contributed by atoms with van der Waals surface area (Å²) in [5.41, 5.74) is 2.07. The Morgan fingerprint density at radius 1 is 1.17 bits per heavy atom. The Kier molecular flexibility index (Phi) is 5.33. The molecule has 9 heteroatoms. The van der Waals surface area contributed by atoms with E-state index in [4.69, 9.17) is 21.1 Å². The first-order chi connectivity index (χ1) is 14.5. The van der Waals surface area contributed by atoms with Gasteiger partial charge in [0.25, 0.3) is 0 Å². The smallest absolute Gasteiger partial charge is 0.249 e. The maximum Gasteiger partial charge on any atom is 0.249 e. The Bertz CT molecular complexity index is 1110. The van der Waals surface area contributed by atoms with Gasteiger partial charge in [0.15, 0.2) is 11.5 Å². The number of anilines is 2. The highest BCUT2D eigenvalue weighted by Gasteiger charge is 2.33. The van der Waals surface area contributed by atoms with E-state index in [0.717, 1.165) is 5.56 Å². The van der Waals surface area contributed by atoms with E-state index in [9.17, 15) is 9.59 Å². The van der Waals surface area contributed by atoms with Gasteiger partial charge in [-0.3, -0.25) is 9.59 Å². The Hall–Kier alpha value is -3.52. The van der Waals surface area contributed by atoms with E-state index in [1.165, 1.54) is 18.9 Å². The minimum absolute atomic E-state index is 0.0200. The van der Waals surface area contributed by atoms with Gasteiger partial charge in [-0.25, -0.2) is 4.68 Å². The largest absolute Gasteiger partial charge is 0.493 e. The van der Waals surface area contributed by atoms with Crippen molar-refractivity contribution in [3.05, 3.63) is 53.7 Å². The minimum atomic E-state index is -0.789. The lowest BCUT2D eigenvalue weighted by Gasteiger charge is -2.24. The third-order valence-corrected chi connectivity index (χ3v) is 5.09. The average Bonchev–Trinajstić information content (AvgIpc) is 3.17. The summed E-state index contributed by atoms with van der Waals surface area (Å²) < 4.78 is 12.0. The van der Waals surface area contributed by atoms with Crippen LogP contribution in [0.3, 0.4) is 0 Å². The lowest BCUT2D eigenvalue weighted by Crippen LogP contribution is -2.35. The predicted molar refractivity (Wildman–Crippen MR) is 113 cm³/mol. The molecule has 0 spiro atoms. The van der Waals surface area contributed by atoms with Crippen LogP contribution in [0.4, 0.5) is 11.5 Å². The van der Waals surface area contributed by atoms with E-state index < -0.39 is 6.04 Å². The molecule has 0 fully saturated rings. The number of halogens is 1. The molecule has 1 aromatic heterocycles. The molecule has 0 aliphatic carbocycles. The lowest BCUT2D eigenvalue weighted by molar-refractivity contribution is -0.125.